The maximum atomic E-state index is 12.7. The number of aliphatic hydroxyl groups is 1. The number of likely N-dealkylation sites (N-methyl/N-ethyl adjacent to an activating group) is 1. The van der Waals surface area contributed by atoms with Gasteiger partial charge in [0.25, 0.3) is 0 Å². The predicted molar refractivity (Wildman–Crippen MR) is 261 cm³/mol. The first kappa shape index (κ1) is 59.2. The number of phosphoric acid groups is 1. The summed E-state index contributed by atoms with van der Waals surface area (Å²) in [6.45, 7) is 6.70. The number of furan rings is 1. The van der Waals surface area contributed by atoms with Crippen LogP contribution in [0.1, 0.15) is 184 Å². The van der Waals surface area contributed by atoms with E-state index in [0.29, 0.717) is 30.3 Å². The number of carbonyl (C=O) groups is 2. The highest BCUT2D eigenvalue weighted by atomic mass is 31.2. The van der Waals surface area contributed by atoms with E-state index in [4.69, 9.17) is 28.0 Å². The fourth-order valence-corrected chi connectivity index (χ4v) is 7.67. The maximum absolute atomic E-state index is 12.7. The topological polar surface area (TPSA) is 142 Å². The summed E-state index contributed by atoms with van der Waals surface area (Å²) >= 11 is 0. The van der Waals surface area contributed by atoms with Crippen LogP contribution in [0.3, 0.4) is 0 Å². The van der Waals surface area contributed by atoms with Crippen molar-refractivity contribution in [1.82, 2.24) is 0 Å². The summed E-state index contributed by atoms with van der Waals surface area (Å²) in [6.07, 6.45) is 41.4. The number of unbranched alkanes of at least 4 members (excludes halogenated alkanes) is 15. The number of hydrogen-bond donors (Lipinski definition) is 2. The maximum Gasteiger partial charge on any atom is 0.472 e. The Balaban J connectivity index is 2.33. The van der Waals surface area contributed by atoms with Crippen molar-refractivity contribution in [2.45, 2.75) is 194 Å². The van der Waals surface area contributed by atoms with Crippen molar-refractivity contribution >= 4 is 19.8 Å². The minimum absolute atomic E-state index is 0.00969. The van der Waals surface area contributed by atoms with E-state index in [1.807, 2.05) is 27.2 Å². The average molecular weight is 921 g/mol. The molecule has 2 atom stereocenters. The third-order valence-electron chi connectivity index (χ3n) is 11.1. The molecular formula is C52H91NO10P+. The van der Waals surface area contributed by atoms with Crippen LogP contribution in [0.25, 0.3) is 0 Å². The molecular weight excluding hydrogens is 830 g/mol. The van der Waals surface area contributed by atoms with Gasteiger partial charge >= 0.3 is 19.8 Å². The normalized spacial score (nSPS) is 13.8. The van der Waals surface area contributed by atoms with E-state index in [9.17, 15) is 19.0 Å². The second-order valence-electron chi connectivity index (χ2n) is 18.2. The van der Waals surface area contributed by atoms with Gasteiger partial charge in [-0.1, -0.05) is 126 Å². The first-order chi connectivity index (χ1) is 30.8. The summed E-state index contributed by atoms with van der Waals surface area (Å²) in [5.74, 6) is 1.48. The van der Waals surface area contributed by atoms with Gasteiger partial charge in [0, 0.05) is 32.3 Å². The Labute approximate surface area is 389 Å². The summed E-state index contributed by atoms with van der Waals surface area (Å²) in [7, 11) is 1.40. The Morgan fingerprint density at radius 1 is 0.625 bits per heavy atom. The zero-order valence-corrected chi connectivity index (χ0v) is 42.1. The minimum Gasteiger partial charge on any atom is -0.466 e. The summed E-state index contributed by atoms with van der Waals surface area (Å²) in [4.78, 5) is 35.6. The number of esters is 2. The van der Waals surface area contributed by atoms with E-state index in [-0.39, 0.29) is 32.7 Å². The molecule has 0 aromatic carbocycles. The lowest BCUT2D eigenvalue weighted by Gasteiger charge is -2.24. The number of rotatable bonds is 42. The molecule has 12 heteroatoms. The highest BCUT2D eigenvalue weighted by Gasteiger charge is 2.27. The van der Waals surface area contributed by atoms with E-state index < -0.39 is 32.5 Å². The van der Waals surface area contributed by atoms with E-state index >= 15 is 0 Å². The zero-order valence-electron chi connectivity index (χ0n) is 41.2. The molecule has 0 fully saturated rings. The highest BCUT2D eigenvalue weighted by molar-refractivity contribution is 7.47. The third-order valence-corrected chi connectivity index (χ3v) is 12.1. The SMILES string of the molecule is CCCCCc1oc(CCCCCCCCCCCCC(=O)OC[C@H](COP(=O)(O)OCC[N+](C)(C)C)OC(=O)CCC/C=C\C/C=C\C/C=C\C/C=C\CCCCCO)c(C)c1C. The first-order valence-corrected chi connectivity index (χ1v) is 26.3. The lowest BCUT2D eigenvalue weighted by atomic mass is 10.0. The van der Waals surface area contributed by atoms with Gasteiger partial charge < -0.3 is 28.4 Å². The van der Waals surface area contributed by atoms with Gasteiger partial charge in [0.1, 0.15) is 31.3 Å². The Bertz CT molecular complexity index is 1510. The summed E-state index contributed by atoms with van der Waals surface area (Å²) in [6, 6.07) is 0. The molecule has 2 N–H and O–H groups in total. The molecule has 11 nitrogen and oxygen atoms in total. The molecule has 1 rings (SSSR count). The molecule has 0 radical (unpaired) electrons. The molecule has 0 aliphatic heterocycles. The Kier molecular flexibility index (Phi) is 35.5. The number of aryl methyl sites for hydroxylation is 2. The molecule has 0 saturated carbocycles. The monoisotopic (exact) mass is 921 g/mol. The van der Waals surface area contributed by atoms with Crippen LogP contribution in [-0.4, -0.2) is 86.6 Å². The summed E-state index contributed by atoms with van der Waals surface area (Å²) in [5, 5.41) is 8.82. The molecule has 1 heterocycles. The Morgan fingerprint density at radius 2 is 1.11 bits per heavy atom. The van der Waals surface area contributed by atoms with Crippen molar-refractivity contribution in [3.63, 3.8) is 0 Å². The molecule has 0 spiro atoms. The Hall–Kier alpha value is -2.79. The van der Waals surface area contributed by atoms with Crippen molar-refractivity contribution in [1.29, 1.82) is 0 Å². The average Bonchev–Trinajstić information content (AvgIpc) is 3.51. The van der Waals surface area contributed by atoms with Crippen LogP contribution in [0, 0.1) is 13.8 Å². The van der Waals surface area contributed by atoms with Gasteiger partial charge in [0.15, 0.2) is 6.10 Å². The number of hydrogen-bond acceptors (Lipinski definition) is 9. The lowest BCUT2D eigenvalue weighted by Crippen LogP contribution is -2.37. The van der Waals surface area contributed by atoms with Crippen LogP contribution in [0.4, 0.5) is 0 Å². The number of ether oxygens (including phenoxy) is 2. The molecule has 0 aliphatic carbocycles. The lowest BCUT2D eigenvalue weighted by molar-refractivity contribution is -0.870. The third kappa shape index (κ3) is 34.5. The van der Waals surface area contributed by atoms with Crippen LogP contribution >= 0.6 is 7.82 Å². The molecule has 1 aromatic heterocycles. The van der Waals surface area contributed by atoms with E-state index in [2.05, 4.69) is 63.3 Å². The second kappa shape index (κ2) is 38.3. The smallest absolute Gasteiger partial charge is 0.466 e. The van der Waals surface area contributed by atoms with E-state index in [0.717, 1.165) is 77.0 Å². The van der Waals surface area contributed by atoms with Gasteiger partial charge in [-0.05, 0) is 95.6 Å². The van der Waals surface area contributed by atoms with Crippen molar-refractivity contribution < 1.29 is 51.6 Å². The number of aliphatic hydroxyl groups excluding tert-OH is 1. The van der Waals surface area contributed by atoms with Crippen molar-refractivity contribution in [3.05, 3.63) is 71.3 Å². The van der Waals surface area contributed by atoms with Gasteiger partial charge in [-0.2, -0.15) is 0 Å². The second-order valence-corrected chi connectivity index (χ2v) is 19.6. The van der Waals surface area contributed by atoms with E-state index in [1.54, 1.807) is 0 Å². The Morgan fingerprint density at radius 3 is 1.66 bits per heavy atom. The van der Waals surface area contributed by atoms with Gasteiger partial charge in [-0.3, -0.25) is 18.6 Å². The van der Waals surface area contributed by atoms with Crippen molar-refractivity contribution in [3.8, 4) is 0 Å². The van der Waals surface area contributed by atoms with Crippen LogP contribution in [-0.2, 0) is 45.5 Å². The minimum atomic E-state index is -4.41. The van der Waals surface area contributed by atoms with Crippen LogP contribution in [0.5, 0.6) is 0 Å². The molecule has 64 heavy (non-hydrogen) atoms. The zero-order chi connectivity index (χ0) is 47.2. The van der Waals surface area contributed by atoms with Gasteiger partial charge in [0.05, 0.1) is 27.7 Å². The number of nitrogens with zero attached hydrogens (tertiary/aromatic N) is 1. The van der Waals surface area contributed by atoms with Crippen LogP contribution < -0.4 is 0 Å². The highest BCUT2D eigenvalue weighted by Crippen LogP contribution is 2.43. The summed E-state index contributed by atoms with van der Waals surface area (Å²) < 4.78 is 40.6. The van der Waals surface area contributed by atoms with Gasteiger partial charge in [-0.15, -0.1) is 0 Å². The predicted octanol–water partition coefficient (Wildman–Crippen LogP) is 12.9. The van der Waals surface area contributed by atoms with Crippen LogP contribution in [0.15, 0.2) is 53.0 Å². The quantitative estimate of drug-likeness (QED) is 0.0214. The van der Waals surface area contributed by atoms with E-state index in [1.165, 1.54) is 80.4 Å². The number of phosphoric ester groups is 1. The molecule has 0 amide bonds. The molecule has 1 unspecified atom stereocenters. The van der Waals surface area contributed by atoms with Crippen molar-refractivity contribution in [2.24, 2.45) is 0 Å². The molecule has 0 bridgehead atoms. The van der Waals surface area contributed by atoms with Crippen molar-refractivity contribution in [2.75, 3.05) is 54.1 Å². The van der Waals surface area contributed by atoms with Gasteiger partial charge in [-0.25, -0.2) is 4.57 Å². The number of allylic oxidation sites excluding steroid dienone is 8. The fourth-order valence-electron chi connectivity index (χ4n) is 6.93. The number of carbonyl (C=O) groups excluding carboxylic acids is 2. The molecule has 0 saturated heterocycles. The molecule has 1 aromatic rings. The number of quaternary nitrogens is 1. The largest absolute Gasteiger partial charge is 0.472 e. The van der Waals surface area contributed by atoms with Crippen LogP contribution in [0.2, 0.25) is 0 Å². The molecule has 0 aliphatic rings. The summed E-state index contributed by atoms with van der Waals surface area (Å²) in [5.41, 5.74) is 2.69. The van der Waals surface area contributed by atoms with Gasteiger partial charge in [0.2, 0.25) is 0 Å². The molecule has 368 valence electrons. The standard InChI is InChI=1S/C52H90NO10P/c1-7-8-32-37-49-46(2)47(3)50(63-49)38-33-28-24-20-17-18-21-25-29-34-39-51(55)59-44-48(45-61-64(57,58)60-43-41-53(4,5)6)62-52(56)40-35-30-26-22-16-14-12-10-9-11-13-15-19-23-27-31-36-42-54/h9,11-12,14-15,19,22,26,48,54H,7-8,10,13,16-18,20-21,23-25,27-45H2,1-6H3/p+1/b11-9-,14-12-,19-15-,26-22-/t48-/m1/s1. The first-order valence-electron chi connectivity index (χ1n) is 24.8. The fraction of sp³-hybridized carbons (Fsp3) is 0.731.